The second kappa shape index (κ2) is 8.04. The summed E-state index contributed by atoms with van der Waals surface area (Å²) in [7, 11) is 1.51. The number of aromatic amines is 1. The van der Waals surface area contributed by atoms with Gasteiger partial charge in [-0.15, -0.1) is 0 Å². The first kappa shape index (κ1) is 19.3. The quantitative estimate of drug-likeness (QED) is 0.777. The summed E-state index contributed by atoms with van der Waals surface area (Å²) in [6, 6.07) is 1.65. The highest BCUT2D eigenvalue weighted by molar-refractivity contribution is 5.94. The van der Waals surface area contributed by atoms with Crippen LogP contribution in [0.3, 0.4) is 0 Å². The van der Waals surface area contributed by atoms with Gasteiger partial charge in [0.05, 0.1) is 13.3 Å². The molecule has 1 amide bonds. The number of aromatic nitrogens is 3. The van der Waals surface area contributed by atoms with Crippen LogP contribution in [0.5, 0.6) is 5.75 Å². The summed E-state index contributed by atoms with van der Waals surface area (Å²) >= 11 is 0. The van der Waals surface area contributed by atoms with E-state index in [4.69, 9.17) is 4.74 Å². The van der Waals surface area contributed by atoms with Crippen molar-refractivity contribution in [1.82, 2.24) is 20.1 Å². The Bertz CT molecular complexity index is 799. The number of amides is 1. The lowest BCUT2D eigenvalue weighted by molar-refractivity contribution is -0.124. The number of hydrogen-bond donors (Lipinski definition) is 2. The zero-order valence-corrected chi connectivity index (χ0v) is 16.0. The van der Waals surface area contributed by atoms with Crippen LogP contribution in [-0.2, 0) is 4.79 Å². The van der Waals surface area contributed by atoms with E-state index in [1.54, 1.807) is 6.07 Å². The van der Waals surface area contributed by atoms with Crippen molar-refractivity contribution >= 4 is 11.7 Å². The second-order valence-corrected chi connectivity index (χ2v) is 7.51. The second-order valence-electron chi connectivity index (χ2n) is 7.51. The molecule has 0 aliphatic carbocycles. The Labute approximate surface area is 158 Å². The van der Waals surface area contributed by atoms with Crippen LogP contribution < -0.4 is 10.1 Å². The first-order valence-corrected chi connectivity index (χ1v) is 9.18. The molecule has 7 nitrogen and oxygen atoms in total. The Kier molecular flexibility index (Phi) is 5.74. The minimum atomic E-state index is -0.619. The number of carbonyl (C=O) groups excluding carboxylic acids is 1. The standard InChI is InChI=1S/C19H26FN5O2/c1-19(2,6-9-25-7-4-5-8-25)18(26)22-17-15(20)16(23-24-17)13-10-14(27-3)12-21-11-13/h10-12H,4-9H2,1-3H3,(H2,22,23,24,26). The number of carbonyl (C=O) groups is 1. The highest BCUT2D eigenvalue weighted by Crippen LogP contribution is 2.29. The predicted molar refractivity (Wildman–Crippen MR) is 101 cm³/mol. The first-order valence-electron chi connectivity index (χ1n) is 9.18. The number of H-pyrrole nitrogens is 1. The van der Waals surface area contributed by atoms with E-state index >= 15 is 0 Å². The van der Waals surface area contributed by atoms with Crippen LogP contribution >= 0.6 is 0 Å². The van der Waals surface area contributed by atoms with Crippen molar-refractivity contribution in [2.45, 2.75) is 33.1 Å². The van der Waals surface area contributed by atoms with Crippen LogP contribution in [0.1, 0.15) is 33.1 Å². The van der Waals surface area contributed by atoms with E-state index in [2.05, 4.69) is 25.4 Å². The number of likely N-dealkylation sites (tertiary alicyclic amines) is 1. The monoisotopic (exact) mass is 375 g/mol. The fourth-order valence-corrected chi connectivity index (χ4v) is 3.10. The molecule has 146 valence electrons. The fourth-order valence-electron chi connectivity index (χ4n) is 3.10. The van der Waals surface area contributed by atoms with Crippen LogP contribution in [0, 0.1) is 11.2 Å². The third-order valence-corrected chi connectivity index (χ3v) is 5.04. The Hall–Kier alpha value is -2.48. The molecular weight excluding hydrogens is 349 g/mol. The maximum Gasteiger partial charge on any atom is 0.231 e. The van der Waals surface area contributed by atoms with Gasteiger partial charge in [0.25, 0.3) is 0 Å². The van der Waals surface area contributed by atoms with E-state index < -0.39 is 11.2 Å². The molecule has 0 unspecified atom stereocenters. The van der Waals surface area contributed by atoms with E-state index in [-0.39, 0.29) is 17.4 Å². The lowest BCUT2D eigenvalue weighted by atomic mass is 9.88. The molecule has 1 saturated heterocycles. The number of rotatable bonds is 7. The number of nitrogens with zero attached hydrogens (tertiary/aromatic N) is 3. The molecule has 1 aliphatic heterocycles. The molecule has 3 heterocycles. The SMILES string of the molecule is COc1cncc(-c2[nH]nc(NC(=O)C(C)(C)CCN3CCCC3)c2F)c1. The van der Waals surface area contributed by atoms with Gasteiger partial charge in [-0.3, -0.25) is 14.9 Å². The zero-order valence-electron chi connectivity index (χ0n) is 16.0. The van der Waals surface area contributed by atoms with Gasteiger partial charge in [-0.1, -0.05) is 13.8 Å². The molecule has 0 saturated carbocycles. The van der Waals surface area contributed by atoms with Crippen LogP contribution in [0.2, 0.25) is 0 Å². The fraction of sp³-hybridized carbons (Fsp3) is 0.526. The molecule has 2 aromatic heterocycles. The third-order valence-electron chi connectivity index (χ3n) is 5.04. The van der Waals surface area contributed by atoms with Gasteiger partial charge in [0.15, 0.2) is 11.6 Å². The predicted octanol–water partition coefficient (Wildman–Crippen LogP) is 3.07. The molecule has 0 bridgehead atoms. The molecule has 0 aromatic carbocycles. The largest absolute Gasteiger partial charge is 0.495 e. The van der Waals surface area contributed by atoms with Crippen molar-refractivity contribution < 1.29 is 13.9 Å². The Balaban J connectivity index is 1.68. The molecule has 27 heavy (non-hydrogen) atoms. The van der Waals surface area contributed by atoms with Crippen LogP contribution in [-0.4, -0.2) is 52.7 Å². The van der Waals surface area contributed by atoms with Gasteiger partial charge in [-0.25, -0.2) is 4.39 Å². The summed E-state index contributed by atoms with van der Waals surface area (Å²) < 4.78 is 19.9. The van der Waals surface area contributed by atoms with E-state index in [9.17, 15) is 9.18 Å². The van der Waals surface area contributed by atoms with Crippen molar-refractivity contribution in [2.24, 2.45) is 5.41 Å². The Morgan fingerprint density at radius 3 is 2.81 bits per heavy atom. The summed E-state index contributed by atoms with van der Waals surface area (Å²) in [6.45, 7) is 6.78. The van der Waals surface area contributed by atoms with E-state index in [1.807, 2.05) is 13.8 Å². The average molecular weight is 375 g/mol. The molecule has 8 heteroatoms. The third kappa shape index (κ3) is 4.44. The smallest absolute Gasteiger partial charge is 0.231 e. The molecule has 0 spiro atoms. The van der Waals surface area contributed by atoms with Crippen LogP contribution in [0.25, 0.3) is 11.3 Å². The average Bonchev–Trinajstić information content (AvgIpc) is 3.30. The number of hydrogen-bond acceptors (Lipinski definition) is 5. The highest BCUT2D eigenvalue weighted by atomic mass is 19.1. The van der Waals surface area contributed by atoms with Crippen molar-refractivity contribution in [3.05, 3.63) is 24.3 Å². The minimum Gasteiger partial charge on any atom is -0.495 e. The van der Waals surface area contributed by atoms with Crippen molar-refractivity contribution in [3.8, 4) is 17.0 Å². The number of pyridine rings is 1. The minimum absolute atomic E-state index is 0.105. The maximum atomic E-state index is 14.7. The molecule has 0 atom stereocenters. The lowest BCUT2D eigenvalue weighted by Gasteiger charge is -2.25. The zero-order chi connectivity index (χ0) is 19.4. The molecule has 2 aromatic rings. The molecule has 0 radical (unpaired) electrons. The van der Waals surface area contributed by atoms with Crippen LogP contribution in [0.15, 0.2) is 18.5 Å². The topological polar surface area (TPSA) is 83.1 Å². The number of nitrogens with one attached hydrogen (secondary N) is 2. The van der Waals surface area contributed by atoms with Crippen molar-refractivity contribution in [1.29, 1.82) is 0 Å². The van der Waals surface area contributed by atoms with Gasteiger partial charge >= 0.3 is 0 Å². The molecule has 1 aliphatic rings. The number of halogens is 1. The van der Waals surface area contributed by atoms with E-state index in [0.29, 0.717) is 17.7 Å². The van der Waals surface area contributed by atoms with E-state index in [0.717, 1.165) is 19.6 Å². The number of anilines is 1. The molecular formula is C19H26FN5O2. The van der Waals surface area contributed by atoms with E-state index in [1.165, 1.54) is 32.3 Å². The summed E-state index contributed by atoms with van der Waals surface area (Å²) in [5.74, 6) is -0.460. The molecule has 3 rings (SSSR count). The molecule has 1 fully saturated rings. The van der Waals surface area contributed by atoms with Gasteiger partial charge in [0.2, 0.25) is 5.91 Å². The van der Waals surface area contributed by atoms with Gasteiger partial charge < -0.3 is 15.0 Å². The lowest BCUT2D eigenvalue weighted by Crippen LogP contribution is -2.35. The van der Waals surface area contributed by atoms with Crippen LogP contribution in [0.4, 0.5) is 10.2 Å². The van der Waals surface area contributed by atoms with Gasteiger partial charge in [-0.05, 0) is 45.0 Å². The van der Waals surface area contributed by atoms with Crippen molar-refractivity contribution in [2.75, 3.05) is 32.1 Å². The summed E-state index contributed by atoms with van der Waals surface area (Å²) in [5, 5.41) is 9.18. The first-order chi connectivity index (χ1) is 12.9. The van der Waals surface area contributed by atoms with Gasteiger partial charge in [0, 0.05) is 17.2 Å². The Morgan fingerprint density at radius 2 is 2.11 bits per heavy atom. The normalized spacial score (nSPS) is 15.1. The van der Waals surface area contributed by atoms with Gasteiger partial charge in [0.1, 0.15) is 11.4 Å². The Morgan fingerprint density at radius 1 is 1.37 bits per heavy atom. The number of ether oxygens (including phenoxy) is 1. The summed E-state index contributed by atoms with van der Waals surface area (Å²) in [6.07, 6.45) is 6.17. The molecule has 2 N–H and O–H groups in total. The maximum absolute atomic E-state index is 14.7. The van der Waals surface area contributed by atoms with Crippen molar-refractivity contribution in [3.63, 3.8) is 0 Å². The summed E-state index contributed by atoms with van der Waals surface area (Å²) in [5.41, 5.74) is 0.0331. The number of methoxy groups -OCH3 is 1. The van der Waals surface area contributed by atoms with Gasteiger partial charge in [-0.2, -0.15) is 5.10 Å². The summed E-state index contributed by atoms with van der Waals surface area (Å²) in [4.78, 5) is 19.0. The highest BCUT2D eigenvalue weighted by Gasteiger charge is 2.30.